The number of piperidine rings is 1. The molecule has 0 aromatic carbocycles. The summed E-state index contributed by atoms with van der Waals surface area (Å²) in [6.07, 6.45) is 4.34. The van der Waals surface area contributed by atoms with Crippen LogP contribution >= 0.6 is 11.6 Å². The molecule has 1 fully saturated rings. The molecular formula is C20H24ClN5O4. The van der Waals surface area contributed by atoms with Crippen LogP contribution in [0.15, 0.2) is 29.3 Å². The fraction of sp³-hybridized carbons (Fsp3) is 0.450. The molecule has 0 aliphatic carbocycles. The molecule has 10 heteroatoms. The van der Waals surface area contributed by atoms with Crippen molar-refractivity contribution in [2.45, 2.75) is 44.6 Å². The number of H-pyrrole nitrogens is 1. The third-order valence-electron chi connectivity index (χ3n) is 5.21. The predicted molar refractivity (Wildman–Crippen MR) is 112 cm³/mol. The van der Waals surface area contributed by atoms with Gasteiger partial charge in [-0.05, 0) is 31.4 Å². The van der Waals surface area contributed by atoms with Gasteiger partial charge in [-0.2, -0.15) is 0 Å². The van der Waals surface area contributed by atoms with Crippen LogP contribution in [0.25, 0.3) is 11.4 Å². The molecule has 2 aromatic rings. The molecule has 1 saturated heterocycles. The van der Waals surface area contributed by atoms with Crippen LogP contribution in [0, 0.1) is 0 Å². The predicted octanol–water partition coefficient (Wildman–Crippen LogP) is 2.63. The summed E-state index contributed by atoms with van der Waals surface area (Å²) in [5.74, 6) is 0.135. The zero-order chi connectivity index (χ0) is 21.7. The standard InChI is InChI=1S/C20H24ClN5O4/c1-2-3-14(23-20(29)30)19(28)26-10-6-12(7-11-26)16-15(21)18(27)25-17(24-16)13-4-8-22-9-5-13/h4-5,8-9,12,14,23H,2-3,6-7,10-11H2,1H3,(H,29,30)(H,24,25,27). The number of hydrogen-bond donors (Lipinski definition) is 3. The minimum atomic E-state index is -1.21. The van der Waals surface area contributed by atoms with Gasteiger partial charge in [-0.15, -0.1) is 0 Å². The van der Waals surface area contributed by atoms with E-state index in [1.807, 2.05) is 6.92 Å². The normalized spacial score (nSPS) is 15.6. The van der Waals surface area contributed by atoms with Crippen LogP contribution in [0.4, 0.5) is 4.79 Å². The fourth-order valence-corrected chi connectivity index (χ4v) is 3.93. The molecule has 3 rings (SSSR count). The first kappa shape index (κ1) is 21.8. The summed E-state index contributed by atoms with van der Waals surface area (Å²) in [5.41, 5.74) is 0.850. The van der Waals surface area contributed by atoms with Crippen molar-refractivity contribution in [2.75, 3.05) is 13.1 Å². The average Bonchev–Trinajstić information content (AvgIpc) is 2.75. The second kappa shape index (κ2) is 9.71. The van der Waals surface area contributed by atoms with Gasteiger partial charge in [0, 0.05) is 37.0 Å². The van der Waals surface area contributed by atoms with E-state index in [-0.39, 0.29) is 16.8 Å². The van der Waals surface area contributed by atoms with E-state index in [1.165, 1.54) is 0 Å². The van der Waals surface area contributed by atoms with E-state index in [9.17, 15) is 14.4 Å². The highest BCUT2D eigenvalue weighted by molar-refractivity contribution is 6.31. The Bertz CT molecular complexity index is 957. The number of carboxylic acid groups (broad SMARTS) is 1. The zero-order valence-corrected chi connectivity index (χ0v) is 17.4. The highest BCUT2D eigenvalue weighted by Gasteiger charge is 2.31. The molecule has 1 atom stereocenters. The minimum Gasteiger partial charge on any atom is -0.465 e. The topological polar surface area (TPSA) is 128 Å². The van der Waals surface area contributed by atoms with Crippen molar-refractivity contribution in [2.24, 2.45) is 0 Å². The second-order valence-corrected chi connectivity index (χ2v) is 7.62. The SMILES string of the molecule is CCCC(NC(=O)O)C(=O)N1CCC(c2nc(-c3ccncc3)[nH]c(=O)c2Cl)CC1. The summed E-state index contributed by atoms with van der Waals surface area (Å²) >= 11 is 6.26. The number of amides is 2. The van der Waals surface area contributed by atoms with Crippen LogP contribution < -0.4 is 10.9 Å². The van der Waals surface area contributed by atoms with E-state index in [4.69, 9.17) is 16.7 Å². The van der Waals surface area contributed by atoms with Crippen molar-refractivity contribution in [3.05, 3.63) is 45.6 Å². The second-order valence-electron chi connectivity index (χ2n) is 7.24. The number of aromatic amines is 1. The first-order valence-corrected chi connectivity index (χ1v) is 10.3. The lowest BCUT2D eigenvalue weighted by Gasteiger charge is -2.34. The maximum Gasteiger partial charge on any atom is 0.405 e. The summed E-state index contributed by atoms with van der Waals surface area (Å²) in [4.78, 5) is 49.0. The number of likely N-dealkylation sites (tertiary alicyclic amines) is 1. The Morgan fingerprint density at radius 2 is 2.00 bits per heavy atom. The van der Waals surface area contributed by atoms with Gasteiger partial charge in [0.05, 0.1) is 5.69 Å². The van der Waals surface area contributed by atoms with Crippen molar-refractivity contribution in [1.82, 2.24) is 25.2 Å². The molecule has 0 radical (unpaired) electrons. The lowest BCUT2D eigenvalue weighted by Crippen LogP contribution is -2.50. The van der Waals surface area contributed by atoms with Crippen LogP contribution in [-0.2, 0) is 4.79 Å². The van der Waals surface area contributed by atoms with Crippen LogP contribution in [0.2, 0.25) is 5.02 Å². The third kappa shape index (κ3) is 4.96. The summed E-state index contributed by atoms with van der Waals surface area (Å²) in [6.45, 7) is 2.79. The maximum absolute atomic E-state index is 12.7. The minimum absolute atomic E-state index is 0.0639. The number of aromatic nitrogens is 3. The summed E-state index contributed by atoms with van der Waals surface area (Å²) in [5, 5.41) is 11.4. The van der Waals surface area contributed by atoms with E-state index in [1.54, 1.807) is 29.4 Å². The number of carbonyl (C=O) groups is 2. The Balaban J connectivity index is 1.75. The molecule has 3 heterocycles. The quantitative estimate of drug-likeness (QED) is 0.642. The number of halogens is 1. The van der Waals surface area contributed by atoms with Crippen molar-refractivity contribution < 1.29 is 14.7 Å². The Labute approximate surface area is 178 Å². The van der Waals surface area contributed by atoms with Crippen LogP contribution in [0.3, 0.4) is 0 Å². The number of rotatable bonds is 6. The summed E-state index contributed by atoms with van der Waals surface area (Å²) < 4.78 is 0. The van der Waals surface area contributed by atoms with Gasteiger partial charge < -0.3 is 20.3 Å². The Morgan fingerprint density at radius 3 is 2.60 bits per heavy atom. The molecule has 2 amide bonds. The van der Waals surface area contributed by atoms with E-state index < -0.39 is 17.7 Å². The molecule has 30 heavy (non-hydrogen) atoms. The van der Waals surface area contributed by atoms with E-state index in [2.05, 4.69) is 20.3 Å². The first-order chi connectivity index (χ1) is 14.4. The van der Waals surface area contributed by atoms with Gasteiger partial charge in [0.15, 0.2) is 0 Å². The fourth-order valence-electron chi connectivity index (χ4n) is 3.68. The number of nitrogens with one attached hydrogen (secondary N) is 2. The van der Waals surface area contributed by atoms with Gasteiger partial charge in [-0.3, -0.25) is 14.6 Å². The molecule has 1 unspecified atom stereocenters. The largest absolute Gasteiger partial charge is 0.465 e. The summed E-state index contributed by atoms with van der Waals surface area (Å²) in [6, 6.07) is 2.75. The molecule has 1 aliphatic rings. The van der Waals surface area contributed by atoms with Crippen LogP contribution in [0.1, 0.15) is 44.2 Å². The number of pyridine rings is 1. The van der Waals surface area contributed by atoms with Gasteiger partial charge in [-0.25, -0.2) is 9.78 Å². The smallest absolute Gasteiger partial charge is 0.405 e. The molecule has 0 saturated carbocycles. The summed E-state index contributed by atoms with van der Waals surface area (Å²) in [7, 11) is 0. The molecule has 160 valence electrons. The monoisotopic (exact) mass is 433 g/mol. The lowest BCUT2D eigenvalue weighted by atomic mass is 9.92. The molecular weight excluding hydrogens is 410 g/mol. The molecule has 0 spiro atoms. The van der Waals surface area contributed by atoms with Crippen LogP contribution in [0.5, 0.6) is 0 Å². The highest BCUT2D eigenvalue weighted by atomic mass is 35.5. The molecule has 2 aromatic heterocycles. The maximum atomic E-state index is 12.7. The van der Waals surface area contributed by atoms with Gasteiger partial charge in [0.1, 0.15) is 16.9 Å². The van der Waals surface area contributed by atoms with E-state index >= 15 is 0 Å². The van der Waals surface area contributed by atoms with Crippen molar-refractivity contribution >= 4 is 23.6 Å². The van der Waals surface area contributed by atoms with E-state index in [0.717, 1.165) is 5.56 Å². The number of carbonyl (C=O) groups excluding carboxylic acids is 1. The molecule has 0 bridgehead atoms. The van der Waals surface area contributed by atoms with Crippen LogP contribution in [-0.4, -0.2) is 56.1 Å². The third-order valence-corrected chi connectivity index (χ3v) is 5.57. The van der Waals surface area contributed by atoms with Crippen molar-refractivity contribution in [3.8, 4) is 11.4 Å². The van der Waals surface area contributed by atoms with E-state index in [0.29, 0.717) is 50.3 Å². The molecule has 1 aliphatic heterocycles. The van der Waals surface area contributed by atoms with Gasteiger partial charge in [0.25, 0.3) is 5.56 Å². The Kier molecular flexibility index (Phi) is 7.04. The molecule has 9 nitrogen and oxygen atoms in total. The zero-order valence-electron chi connectivity index (χ0n) is 16.6. The van der Waals surface area contributed by atoms with Crippen molar-refractivity contribution in [3.63, 3.8) is 0 Å². The first-order valence-electron chi connectivity index (χ1n) is 9.89. The average molecular weight is 434 g/mol. The Morgan fingerprint density at radius 1 is 1.33 bits per heavy atom. The van der Waals surface area contributed by atoms with Gasteiger partial charge in [-0.1, -0.05) is 24.9 Å². The number of nitrogens with zero attached hydrogens (tertiary/aromatic N) is 3. The molecule has 3 N–H and O–H groups in total. The number of hydrogen-bond acceptors (Lipinski definition) is 5. The Hall–Kier alpha value is -2.94. The lowest BCUT2D eigenvalue weighted by molar-refractivity contribution is -0.134. The van der Waals surface area contributed by atoms with Gasteiger partial charge >= 0.3 is 6.09 Å². The van der Waals surface area contributed by atoms with Crippen molar-refractivity contribution in [1.29, 1.82) is 0 Å². The highest BCUT2D eigenvalue weighted by Crippen LogP contribution is 2.31. The van der Waals surface area contributed by atoms with Gasteiger partial charge in [0.2, 0.25) is 5.91 Å².